The Labute approximate surface area is 208 Å². The molecule has 192 valence electrons. The van der Waals surface area contributed by atoms with E-state index in [4.69, 9.17) is 9.47 Å². The number of carbonyl (C=O) groups excluding carboxylic acids is 2. The Morgan fingerprint density at radius 2 is 1.60 bits per heavy atom. The van der Waals surface area contributed by atoms with Gasteiger partial charge in [-0.05, 0) is 42.7 Å². The molecule has 0 saturated carbocycles. The summed E-state index contributed by atoms with van der Waals surface area (Å²) in [6.45, 7) is 5.67. The van der Waals surface area contributed by atoms with Crippen molar-refractivity contribution in [2.45, 2.75) is 33.4 Å². The predicted molar refractivity (Wildman–Crippen MR) is 136 cm³/mol. The van der Waals surface area contributed by atoms with Crippen molar-refractivity contribution < 1.29 is 27.5 Å². The standard InChI is InChI=1S/C25H35N3O6S/c1-18(2)15-26-25(30)19(3)27(16-20-11-13-21(33-4)14-12-20)24(29)17-28(35(6,31)32)22-9-7-8-10-23(22)34-5/h7-14,18-19H,15-17H2,1-6H3,(H,26,30)/t19-/m0/s1. The van der Waals surface area contributed by atoms with Crippen LogP contribution in [0.1, 0.15) is 26.3 Å². The number of carbonyl (C=O) groups is 2. The molecule has 0 aliphatic rings. The Morgan fingerprint density at radius 1 is 0.971 bits per heavy atom. The molecule has 1 atom stereocenters. The number of hydrogen-bond donors (Lipinski definition) is 1. The minimum absolute atomic E-state index is 0.114. The van der Waals surface area contributed by atoms with Crippen LogP contribution >= 0.6 is 0 Å². The minimum Gasteiger partial charge on any atom is -0.497 e. The maximum absolute atomic E-state index is 13.6. The van der Waals surface area contributed by atoms with Gasteiger partial charge in [0, 0.05) is 13.1 Å². The smallest absolute Gasteiger partial charge is 0.244 e. The van der Waals surface area contributed by atoms with Crippen LogP contribution in [0.25, 0.3) is 0 Å². The van der Waals surface area contributed by atoms with E-state index in [1.807, 2.05) is 13.8 Å². The SMILES string of the molecule is COc1ccc(CN(C(=O)CN(c2ccccc2OC)S(C)(=O)=O)[C@@H](C)C(=O)NCC(C)C)cc1. The Morgan fingerprint density at radius 3 is 2.14 bits per heavy atom. The summed E-state index contributed by atoms with van der Waals surface area (Å²) in [5, 5.41) is 2.85. The van der Waals surface area contributed by atoms with Crippen LogP contribution in [0.3, 0.4) is 0 Å². The maximum Gasteiger partial charge on any atom is 0.244 e. The molecule has 2 aromatic rings. The predicted octanol–water partition coefficient (Wildman–Crippen LogP) is 2.66. The van der Waals surface area contributed by atoms with Gasteiger partial charge in [-0.2, -0.15) is 0 Å². The number of ether oxygens (including phenoxy) is 2. The van der Waals surface area contributed by atoms with E-state index in [-0.39, 0.29) is 24.1 Å². The lowest BCUT2D eigenvalue weighted by Crippen LogP contribution is -2.51. The largest absolute Gasteiger partial charge is 0.497 e. The second kappa shape index (κ2) is 12.4. The van der Waals surface area contributed by atoms with E-state index in [0.717, 1.165) is 16.1 Å². The fourth-order valence-corrected chi connectivity index (χ4v) is 4.25. The van der Waals surface area contributed by atoms with Crippen molar-refractivity contribution in [2.24, 2.45) is 5.92 Å². The van der Waals surface area contributed by atoms with Crippen LogP contribution in [0.5, 0.6) is 11.5 Å². The number of anilines is 1. The van der Waals surface area contributed by atoms with Crippen LogP contribution < -0.4 is 19.1 Å². The number of nitrogens with one attached hydrogen (secondary N) is 1. The summed E-state index contributed by atoms with van der Waals surface area (Å²) < 4.78 is 36.8. The van der Waals surface area contributed by atoms with Gasteiger partial charge in [-0.3, -0.25) is 13.9 Å². The monoisotopic (exact) mass is 505 g/mol. The highest BCUT2D eigenvalue weighted by atomic mass is 32.2. The first-order chi connectivity index (χ1) is 16.5. The Hall–Kier alpha value is -3.27. The number of rotatable bonds is 12. The molecular weight excluding hydrogens is 470 g/mol. The highest BCUT2D eigenvalue weighted by Crippen LogP contribution is 2.29. The molecule has 0 aromatic heterocycles. The van der Waals surface area contributed by atoms with Crippen LogP contribution in [0.15, 0.2) is 48.5 Å². The molecular formula is C25H35N3O6S. The Balaban J connectivity index is 2.39. The summed E-state index contributed by atoms with van der Waals surface area (Å²) in [6, 6.07) is 12.9. The van der Waals surface area contributed by atoms with E-state index in [1.54, 1.807) is 62.6 Å². The minimum atomic E-state index is -3.84. The van der Waals surface area contributed by atoms with Crippen LogP contribution in [0, 0.1) is 5.92 Å². The van der Waals surface area contributed by atoms with Gasteiger partial charge in [0.15, 0.2) is 0 Å². The molecule has 10 heteroatoms. The second-order valence-corrected chi connectivity index (χ2v) is 10.5. The van der Waals surface area contributed by atoms with Crippen molar-refractivity contribution in [3.8, 4) is 11.5 Å². The van der Waals surface area contributed by atoms with Gasteiger partial charge in [0.2, 0.25) is 21.8 Å². The molecule has 0 fully saturated rings. The number of benzene rings is 2. The molecule has 0 heterocycles. The third kappa shape index (κ3) is 7.88. The third-order valence-electron chi connectivity index (χ3n) is 5.40. The summed E-state index contributed by atoms with van der Waals surface area (Å²) in [6.07, 6.45) is 1.03. The number of sulfonamides is 1. The molecule has 2 rings (SSSR count). The molecule has 0 saturated heterocycles. The van der Waals surface area contributed by atoms with Crippen molar-refractivity contribution in [2.75, 3.05) is 37.9 Å². The molecule has 2 aromatic carbocycles. The Bertz CT molecular complexity index is 1100. The van der Waals surface area contributed by atoms with Crippen molar-refractivity contribution in [3.05, 3.63) is 54.1 Å². The highest BCUT2D eigenvalue weighted by Gasteiger charge is 2.31. The fourth-order valence-electron chi connectivity index (χ4n) is 3.39. The van der Waals surface area contributed by atoms with Crippen molar-refractivity contribution in [3.63, 3.8) is 0 Å². The van der Waals surface area contributed by atoms with E-state index in [1.165, 1.54) is 12.0 Å². The van der Waals surface area contributed by atoms with Crippen LogP contribution in [-0.2, 0) is 26.2 Å². The topological polar surface area (TPSA) is 105 Å². The van der Waals surface area contributed by atoms with Gasteiger partial charge in [0.05, 0.1) is 26.2 Å². The summed E-state index contributed by atoms with van der Waals surface area (Å²) >= 11 is 0. The first-order valence-corrected chi connectivity index (χ1v) is 13.1. The summed E-state index contributed by atoms with van der Waals surface area (Å²) in [5.41, 5.74) is 1.01. The average Bonchev–Trinajstić information content (AvgIpc) is 2.83. The quantitative estimate of drug-likeness (QED) is 0.476. The van der Waals surface area contributed by atoms with Gasteiger partial charge >= 0.3 is 0 Å². The fraction of sp³-hybridized carbons (Fsp3) is 0.440. The second-order valence-electron chi connectivity index (χ2n) is 8.63. The van der Waals surface area contributed by atoms with Gasteiger partial charge in [0.25, 0.3) is 0 Å². The summed E-state index contributed by atoms with van der Waals surface area (Å²) in [7, 11) is -0.852. The molecule has 35 heavy (non-hydrogen) atoms. The van der Waals surface area contributed by atoms with E-state index in [9.17, 15) is 18.0 Å². The van der Waals surface area contributed by atoms with E-state index >= 15 is 0 Å². The Kier molecular flexibility index (Phi) is 9.94. The molecule has 0 bridgehead atoms. The molecule has 2 amide bonds. The number of nitrogens with zero attached hydrogens (tertiary/aromatic N) is 2. The normalized spacial score (nSPS) is 12.1. The molecule has 0 unspecified atom stereocenters. The first kappa shape index (κ1) is 28.0. The van der Waals surface area contributed by atoms with Crippen LogP contribution in [0.4, 0.5) is 5.69 Å². The van der Waals surface area contributed by atoms with Crippen molar-refractivity contribution >= 4 is 27.5 Å². The van der Waals surface area contributed by atoms with Gasteiger partial charge in [-0.25, -0.2) is 8.42 Å². The van der Waals surface area contributed by atoms with Crippen molar-refractivity contribution in [1.29, 1.82) is 0 Å². The van der Waals surface area contributed by atoms with Crippen molar-refractivity contribution in [1.82, 2.24) is 10.2 Å². The maximum atomic E-state index is 13.6. The van der Waals surface area contributed by atoms with E-state index < -0.39 is 28.5 Å². The van der Waals surface area contributed by atoms with Gasteiger partial charge in [0.1, 0.15) is 24.1 Å². The lowest BCUT2D eigenvalue weighted by Gasteiger charge is -2.32. The lowest BCUT2D eigenvalue weighted by molar-refractivity contribution is -0.139. The van der Waals surface area contributed by atoms with Crippen LogP contribution in [-0.4, -0.2) is 64.7 Å². The summed E-state index contributed by atoms with van der Waals surface area (Å²) in [4.78, 5) is 27.8. The third-order valence-corrected chi connectivity index (χ3v) is 6.52. The van der Waals surface area contributed by atoms with E-state index in [2.05, 4.69) is 5.32 Å². The van der Waals surface area contributed by atoms with Crippen LogP contribution in [0.2, 0.25) is 0 Å². The molecule has 0 radical (unpaired) electrons. The molecule has 0 aliphatic heterocycles. The number of amides is 2. The highest BCUT2D eigenvalue weighted by molar-refractivity contribution is 7.92. The van der Waals surface area contributed by atoms with Gasteiger partial charge in [-0.1, -0.05) is 38.1 Å². The molecule has 9 nitrogen and oxygen atoms in total. The van der Waals surface area contributed by atoms with E-state index in [0.29, 0.717) is 18.0 Å². The zero-order valence-electron chi connectivity index (χ0n) is 21.1. The zero-order valence-corrected chi connectivity index (χ0v) is 22.0. The first-order valence-electron chi connectivity index (χ1n) is 11.3. The zero-order chi connectivity index (χ0) is 26.2. The lowest BCUT2D eigenvalue weighted by atomic mass is 10.1. The average molecular weight is 506 g/mol. The summed E-state index contributed by atoms with van der Waals surface area (Å²) in [5.74, 6) is 0.375. The number of methoxy groups -OCH3 is 2. The molecule has 0 spiro atoms. The molecule has 0 aliphatic carbocycles. The van der Waals surface area contributed by atoms with Gasteiger partial charge < -0.3 is 19.7 Å². The number of para-hydroxylation sites is 2. The van der Waals surface area contributed by atoms with Gasteiger partial charge in [-0.15, -0.1) is 0 Å². The number of hydrogen-bond acceptors (Lipinski definition) is 6. The molecule has 1 N–H and O–H groups in total.